The molecule has 0 spiro atoms. The molecular formula is C18H19N3OS. The first-order chi connectivity index (χ1) is 11.2. The van der Waals surface area contributed by atoms with Crippen molar-refractivity contribution in [1.29, 1.82) is 0 Å². The zero-order valence-corrected chi connectivity index (χ0v) is 14.0. The molecule has 0 saturated carbocycles. The molecule has 0 fully saturated rings. The molecule has 1 atom stereocenters. The van der Waals surface area contributed by atoms with Crippen LogP contribution in [0, 0.1) is 6.92 Å². The van der Waals surface area contributed by atoms with E-state index < -0.39 is 0 Å². The third-order valence-corrected chi connectivity index (χ3v) is 4.21. The molecule has 5 heteroatoms. The highest BCUT2D eigenvalue weighted by Crippen LogP contribution is 2.25. The Hall–Kier alpha value is -2.40. The van der Waals surface area contributed by atoms with Gasteiger partial charge in [-0.15, -0.1) is 0 Å². The number of rotatable bonds is 5. The lowest BCUT2D eigenvalue weighted by molar-refractivity contribution is 0.415. The largest absolute Gasteiger partial charge is 0.497 e. The van der Waals surface area contributed by atoms with Crippen LogP contribution < -0.4 is 15.1 Å². The average Bonchev–Trinajstić information content (AvgIpc) is 2.99. The monoisotopic (exact) mass is 325 g/mol. The Kier molecular flexibility index (Phi) is 4.57. The molecule has 0 aliphatic carbocycles. The predicted molar refractivity (Wildman–Crippen MR) is 98.4 cm³/mol. The Morgan fingerprint density at radius 2 is 2.09 bits per heavy atom. The van der Waals surface area contributed by atoms with Crippen molar-refractivity contribution in [3.05, 3.63) is 59.7 Å². The number of thiocarbonyl (C=S) groups is 1. The highest BCUT2D eigenvalue weighted by molar-refractivity contribution is 7.79. The summed E-state index contributed by atoms with van der Waals surface area (Å²) >= 11 is 5.16. The molecule has 118 valence electrons. The van der Waals surface area contributed by atoms with Gasteiger partial charge in [-0.25, -0.2) is 0 Å². The molecule has 1 heterocycles. The SMILES string of the molecule is COc1cccc(N2C(Cc3ccccc3C)=NNC2C=S)c1. The molecule has 2 aromatic rings. The lowest BCUT2D eigenvalue weighted by Gasteiger charge is -2.25. The summed E-state index contributed by atoms with van der Waals surface area (Å²) in [6.07, 6.45) is 0.618. The number of ether oxygens (including phenoxy) is 1. The lowest BCUT2D eigenvalue weighted by atomic mass is 10.0. The molecule has 1 aliphatic heterocycles. The molecule has 2 aromatic carbocycles. The fourth-order valence-electron chi connectivity index (χ4n) is 2.68. The summed E-state index contributed by atoms with van der Waals surface area (Å²) in [5.74, 6) is 1.76. The van der Waals surface area contributed by atoms with E-state index in [1.54, 1.807) is 12.5 Å². The third-order valence-electron chi connectivity index (χ3n) is 3.95. The van der Waals surface area contributed by atoms with Crippen LogP contribution in [0.4, 0.5) is 5.69 Å². The van der Waals surface area contributed by atoms with Crippen molar-refractivity contribution in [2.24, 2.45) is 5.10 Å². The highest BCUT2D eigenvalue weighted by Gasteiger charge is 2.27. The lowest BCUT2D eigenvalue weighted by Crippen LogP contribution is -2.41. The second-order valence-electron chi connectivity index (χ2n) is 5.41. The van der Waals surface area contributed by atoms with Crippen molar-refractivity contribution in [1.82, 2.24) is 5.43 Å². The molecule has 0 radical (unpaired) electrons. The first-order valence-corrected chi connectivity index (χ1v) is 7.95. The molecule has 1 unspecified atom stereocenters. The number of anilines is 1. The normalized spacial score (nSPS) is 16.7. The van der Waals surface area contributed by atoms with E-state index in [1.807, 2.05) is 30.3 Å². The maximum Gasteiger partial charge on any atom is 0.150 e. The second-order valence-corrected chi connectivity index (χ2v) is 5.68. The van der Waals surface area contributed by atoms with E-state index in [4.69, 9.17) is 17.0 Å². The van der Waals surface area contributed by atoms with Gasteiger partial charge in [0.1, 0.15) is 17.8 Å². The van der Waals surface area contributed by atoms with E-state index in [0.29, 0.717) is 0 Å². The van der Waals surface area contributed by atoms with Gasteiger partial charge in [0.25, 0.3) is 0 Å². The van der Waals surface area contributed by atoms with E-state index >= 15 is 0 Å². The van der Waals surface area contributed by atoms with Gasteiger partial charge in [0.15, 0.2) is 0 Å². The maximum atomic E-state index is 5.33. The molecule has 0 saturated heterocycles. The van der Waals surface area contributed by atoms with Crippen LogP contribution in [0.25, 0.3) is 0 Å². The number of hydrogen-bond acceptors (Lipinski definition) is 5. The van der Waals surface area contributed by atoms with Crippen LogP contribution in [0.1, 0.15) is 11.1 Å². The van der Waals surface area contributed by atoms with Gasteiger partial charge in [0.05, 0.1) is 7.11 Å². The predicted octanol–water partition coefficient (Wildman–Crippen LogP) is 3.30. The van der Waals surface area contributed by atoms with Gasteiger partial charge in [0, 0.05) is 23.5 Å². The number of methoxy groups -OCH3 is 1. The standard InChI is InChI=1S/C18H19N3OS/c1-13-6-3-4-7-14(13)10-17-19-20-18(12-23)21(17)15-8-5-9-16(11-15)22-2/h3-9,11-12,18,20H,10H2,1-2H3. The number of nitrogens with zero attached hydrogens (tertiary/aromatic N) is 2. The van der Waals surface area contributed by atoms with Gasteiger partial charge in [-0.05, 0) is 30.2 Å². The molecule has 0 amide bonds. The minimum Gasteiger partial charge on any atom is -0.497 e. The Labute approximate surface area is 141 Å². The summed E-state index contributed by atoms with van der Waals surface area (Å²) in [6, 6.07) is 16.3. The average molecular weight is 325 g/mol. The molecular weight excluding hydrogens is 306 g/mol. The number of hydrogen-bond donors (Lipinski definition) is 1. The van der Waals surface area contributed by atoms with E-state index in [2.05, 4.69) is 40.5 Å². The van der Waals surface area contributed by atoms with Crippen LogP contribution in [-0.2, 0) is 6.42 Å². The Morgan fingerprint density at radius 1 is 1.26 bits per heavy atom. The van der Waals surface area contributed by atoms with Gasteiger partial charge < -0.3 is 9.64 Å². The Balaban J connectivity index is 1.92. The highest BCUT2D eigenvalue weighted by atomic mass is 32.1. The van der Waals surface area contributed by atoms with E-state index in [1.165, 1.54) is 11.1 Å². The summed E-state index contributed by atoms with van der Waals surface area (Å²) in [5, 5.41) is 6.18. The number of hydrazone groups is 1. The van der Waals surface area contributed by atoms with Gasteiger partial charge in [0.2, 0.25) is 0 Å². The molecule has 23 heavy (non-hydrogen) atoms. The zero-order valence-electron chi connectivity index (χ0n) is 13.2. The fraction of sp³-hybridized carbons (Fsp3) is 0.222. The van der Waals surface area contributed by atoms with Crippen LogP contribution in [0.5, 0.6) is 5.75 Å². The molecule has 4 nitrogen and oxygen atoms in total. The number of nitrogens with one attached hydrogen (secondary N) is 1. The smallest absolute Gasteiger partial charge is 0.150 e. The topological polar surface area (TPSA) is 36.9 Å². The van der Waals surface area contributed by atoms with Gasteiger partial charge in [-0.1, -0.05) is 42.5 Å². The van der Waals surface area contributed by atoms with Crippen molar-refractivity contribution < 1.29 is 4.74 Å². The number of amidine groups is 1. The summed E-state index contributed by atoms with van der Waals surface area (Å²) in [7, 11) is 1.67. The van der Waals surface area contributed by atoms with Crippen LogP contribution in [0.15, 0.2) is 53.6 Å². The van der Waals surface area contributed by atoms with Crippen molar-refractivity contribution in [2.45, 2.75) is 19.5 Å². The van der Waals surface area contributed by atoms with Crippen molar-refractivity contribution in [2.75, 3.05) is 12.0 Å². The number of benzene rings is 2. The Morgan fingerprint density at radius 3 is 2.83 bits per heavy atom. The van der Waals surface area contributed by atoms with Crippen LogP contribution in [0.2, 0.25) is 0 Å². The molecule has 1 N–H and O–H groups in total. The summed E-state index contributed by atoms with van der Waals surface area (Å²) < 4.78 is 5.33. The summed E-state index contributed by atoms with van der Waals surface area (Å²) in [6.45, 7) is 2.12. The second kappa shape index (κ2) is 6.79. The van der Waals surface area contributed by atoms with Gasteiger partial charge >= 0.3 is 0 Å². The van der Waals surface area contributed by atoms with Crippen molar-refractivity contribution in [3.63, 3.8) is 0 Å². The van der Waals surface area contributed by atoms with Crippen LogP contribution >= 0.6 is 12.2 Å². The quantitative estimate of drug-likeness (QED) is 0.856. The molecule has 1 aliphatic rings. The molecule has 0 aromatic heterocycles. The first-order valence-electron chi connectivity index (χ1n) is 7.48. The maximum absolute atomic E-state index is 5.33. The third kappa shape index (κ3) is 3.19. The van der Waals surface area contributed by atoms with Gasteiger partial charge in [-0.2, -0.15) is 5.10 Å². The fourth-order valence-corrected chi connectivity index (χ4v) is 2.86. The van der Waals surface area contributed by atoms with Crippen LogP contribution in [-0.4, -0.2) is 24.5 Å². The van der Waals surface area contributed by atoms with Gasteiger partial charge in [-0.3, -0.25) is 5.43 Å². The van der Waals surface area contributed by atoms with E-state index in [0.717, 1.165) is 23.7 Å². The molecule has 0 bridgehead atoms. The minimum absolute atomic E-state index is 0.129. The van der Waals surface area contributed by atoms with E-state index in [-0.39, 0.29) is 6.17 Å². The first kappa shape index (κ1) is 15.5. The van der Waals surface area contributed by atoms with E-state index in [9.17, 15) is 0 Å². The van der Waals surface area contributed by atoms with Crippen molar-refractivity contribution >= 4 is 29.1 Å². The summed E-state index contributed by atoms with van der Waals surface area (Å²) in [4.78, 5) is 2.11. The van der Waals surface area contributed by atoms with Crippen LogP contribution in [0.3, 0.4) is 0 Å². The Bertz CT molecular complexity index is 745. The minimum atomic E-state index is -0.129. The van der Waals surface area contributed by atoms with Crippen molar-refractivity contribution in [3.8, 4) is 5.75 Å². The zero-order chi connectivity index (χ0) is 16.2. The molecule has 3 rings (SSSR count). The summed E-state index contributed by atoms with van der Waals surface area (Å²) in [5.41, 5.74) is 6.61. The number of aryl methyl sites for hydroxylation is 1.